The molecule has 144 valence electrons. The van der Waals surface area contributed by atoms with Crippen molar-refractivity contribution < 1.29 is 27.3 Å². The van der Waals surface area contributed by atoms with E-state index in [4.69, 9.17) is 0 Å². The summed E-state index contributed by atoms with van der Waals surface area (Å²) in [6.45, 7) is -0.399. The Hall–Kier alpha value is -3.34. The molecule has 1 fully saturated rings. The summed E-state index contributed by atoms with van der Waals surface area (Å²) >= 11 is -2.04. The maximum atomic E-state index is 15.1. The summed E-state index contributed by atoms with van der Waals surface area (Å²) in [4.78, 5) is 15.4. The highest BCUT2D eigenvalue weighted by atomic mass is 32.2. The molecule has 2 N–H and O–H groups in total. The molecule has 1 aliphatic heterocycles. The number of aromatic nitrogens is 2. The van der Waals surface area contributed by atoms with Crippen molar-refractivity contribution in [1.82, 2.24) is 14.3 Å². The molecule has 0 aliphatic carbocycles. The van der Waals surface area contributed by atoms with Crippen LogP contribution in [0.2, 0.25) is 0 Å². The minimum atomic E-state index is -2.04. The summed E-state index contributed by atoms with van der Waals surface area (Å²) in [7, 11) is 0. The molecule has 1 aliphatic rings. The van der Waals surface area contributed by atoms with Crippen LogP contribution in [0.25, 0.3) is 16.9 Å². The maximum Gasteiger partial charge on any atom is 0.253 e. The Bertz CT molecular complexity index is 1130. The molecule has 1 aromatic heterocycles. The van der Waals surface area contributed by atoms with E-state index in [9.17, 15) is 22.9 Å². The van der Waals surface area contributed by atoms with Crippen LogP contribution in [-0.4, -0.2) is 31.3 Å². The molecule has 0 radical (unpaired) electrons. The standard InChI is InChI=1S/C17H11F3N4O3S/c18-9-1-3-11(19)13(5-9)23-6-12(21-8-23)10-2-4-14(25)17(16(10)20)24-7-15(26)22-28(24)27/h1-6,8,25H,7H2,(H,22,26). The van der Waals surface area contributed by atoms with E-state index in [0.717, 1.165) is 28.6 Å². The van der Waals surface area contributed by atoms with Crippen molar-refractivity contribution in [2.75, 3.05) is 10.8 Å². The minimum Gasteiger partial charge on any atom is -0.506 e. The second-order valence-electron chi connectivity index (χ2n) is 5.87. The van der Waals surface area contributed by atoms with E-state index in [1.807, 2.05) is 0 Å². The largest absolute Gasteiger partial charge is 0.506 e. The number of amides is 1. The molecule has 1 unspecified atom stereocenters. The summed E-state index contributed by atoms with van der Waals surface area (Å²) in [6.07, 6.45) is 2.46. The van der Waals surface area contributed by atoms with Crippen molar-refractivity contribution in [3.63, 3.8) is 0 Å². The minimum absolute atomic E-state index is 0.0617. The summed E-state index contributed by atoms with van der Waals surface area (Å²) in [5.41, 5.74) is -0.569. The number of anilines is 1. The van der Waals surface area contributed by atoms with Crippen molar-refractivity contribution >= 4 is 22.8 Å². The van der Waals surface area contributed by atoms with Crippen LogP contribution in [0.3, 0.4) is 0 Å². The Kier molecular flexibility index (Phi) is 4.30. The fourth-order valence-electron chi connectivity index (χ4n) is 2.80. The number of carbonyl (C=O) groups excluding carboxylic acids is 1. The number of imidazole rings is 1. The van der Waals surface area contributed by atoms with Gasteiger partial charge in [-0.25, -0.2) is 22.4 Å². The molecule has 2 aromatic carbocycles. The van der Waals surface area contributed by atoms with E-state index in [-0.39, 0.29) is 16.9 Å². The Labute approximate surface area is 158 Å². The zero-order valence-electron chi connectivity index (χ0n) is 13.9. The second kappa shape index (κ2) is 6.68. The zero-order chi connectivity index (χ0) is 20.0. The van der Waals surface area contributed by atoms with Crippen molar-refractivity contribution in [2.45, 2.75) is 0 Å². The van der Waals surface area contributed by atoms with Gasteiger partial charge in [-0.15, -0.1) is 0 Å². The van der Waals surface area contributed by atoms with Gasteiger partial charge in [0.25, 0.3) is 5.91 Å². The molecule has 4 rings (SSSR count). The van der Waals surface area contributed by atoms with Crippen molar-refractivity contribution in [3.8, 4) is 22.7 Å². The van der Waals surface area contributed by atoms with Gasteiger partial charge in [-0.3, -0.25) is 13.8 Å². The van der Waals surface area contributed by atoms with Gasteiger partial charge < -0.3 is 9.67 Å². The van der Waals surface area contributed by atoms with Crippen LogP contribution >= 0.6 is 0 Å². The predicted octanol–water partition coefficient (Wildman–Crippen LogP) is 2.18. The number of nitrogens with one attached hydrogen (secondary N) is 1. The lowest BCUT2D eigenvalue weighted by molar-refractivity contribution is -0.117. The Morgan fingerprint density at radius 2 is 1.96 bits per heavy atom. The first-order valence-electron chi connectivity index (χ1n) is 7.85. The molecule has 11 heteroatoms. The predicted molar refractivity (Wildman–Crippen MR) is 94.2 cm³/mol. The number of hydrogen-bond acceptors (Lipinski definition) is 4. The topological polar surface area (TPSA) is 87.5 Å². The summed E-state index contributed by atoms with van der Waals surface area (Å²) in [5, 5.41) is 10.0. The number of hydrogen-bond donors (Lipinski definition) is 2. The van der Waals surface area contributed by atoms with Gasteiger partial charge in [0.1, 0.15) is 35.9 Å². The highest BCUT2D eigenvalue weighted by Crippen LogP contribution is 2.37. The van der Waals surface area contributed by atoms with Crippen LogP contribution in [0.4, 0.5) is 18.9 Å². The Morgan fingerprint density at radius 3 is 2.68 bits per heavy atom. The number of nitrogens with zero attached hydrogens (tertiary/aromatic N) is 3. The first-order valence-corrected chi connectivity index (χ1v) is 8.96. The smallest absolute Gasteiger partial charge is 0.253 e. The number of rotatable bonds is 3. The molecule has 1 amide bonds. The average Bonchev–Trinajstić information content (AvgIpc) is 3.24. The number of halogens is 3. The van der Waals surface area contributed by atoms with Crippen molar-refractivity contribution in [1.29, 1.82) is 0 Å². The molecule has 7 nitrogen and oxygen atoms in total. The fraction of sp³-hybridized carbons (Fsp3) is 0.0588. The first-order chi connectivity index (χ1) is 13.3. The third-order valence-electron chi connectivity index (χ3n) is 4.08. The van der Waals surface area contributed by atoms with Crippen LogP contribution in [0.1, 0.15) is 0 Å². The second-order valence-corrected chi connectivity index (χ2v) is 7.01. The quantitative estimate of drug-likeness (QED) is 0.696. The van der Waals surface area contributed by atoms with E-state index < -0.39 is 52.5 Å². The van der Waals surface area contributed by atoms with Gasteiger partial charge in [-0.05, 0) is 24.3 Å². The van der Waals surface area contributed by atoms with Crippen LogP contribution in [-0.2, 0) is 16.0 Å². The highest BCUT2D eigenvalue weighted by Gasteiger charge is 2.32. The van der Waals surface area contributed by atoms with Gasteiger partial charge >= 0.3 is 0 Å². The lowest BCUT2D eigenvalue weighted by Crippen LogP contribution is -2.23. The van der Waals surface area contributed by atoms with Gasteiger partial charge in [-0.2, -0.15) is 0 Å². The van der Waals surface area contributed by atoms with Gasteiger partial charge in [0.05, 0.1) is 11.4 Å². The SMILES string of the molecule is O=C1CN(c2c(O)ccc(-c3cn(-c4cc(F)ccc4F)cn3)c2F)S(=O)N1. The lowest BCUT2D eigenvalue weighted by atomic mass is 10.1. The molecule has 2 heterocycles. The van der Waals surface area contributed by atoms with Crippen LogP contribution in [0.5, 0.6) is 5.75 Å². The normalized spacial score (nSPS) is 16.5. The lowest BCUT2D eigenvalue weighted by Gasteiger charge is -2.17. The van der Waals surface area contributed by atoms with E-state index in [0.29, 0.717) is 0 Å². The summed E-state index contributed by atoms with van der Waals surface area (Å²) < 4.78 is 58.5. The maximum absolute atomic E-state index is 15.1. The van der Waals surface area contributed by atoms with Gasteiger partial charge in [0.15, 0.2) is 5.82 Å². The molecular formula is C17H11F3N4O3S. The van der Waals surface area contributed by atoms with Gasteiger partial charge in [-0.1, -0.05) is 0 Å². The molecule has 1 atom stereocenters. The van der Waals surface area contributed by atoms with Crippen LogP contribution < -0.4 is 9.03 Å². The average molecular weight is 408 g/mol. The van der Waals surface area contributed by atoms with Crippen molar-refractivity contribution in [3.05, 3.63) is 60.3 Å². The van der Waals surface area contributed by atoms with Crippen LogP contribution in [0, 0.1) is 17.5 Å². The Balaban J connectivity index is 1.78. The van der Waals surface area contributed by atoms with Crippen molar-refractivity contribution in [2.24, 2.45) is 0 Å². The third kappa shape index (κ3) is 2.99. The molecular weight excluding hydrogens is 397 g/mol. The highest BCUT2D eigenvalue weighted by molar-refractivity contribution is 7.85. The molecule has 0 spiro atoms. The number of aromatic hydroxyl groups is 1. The third-order valence-corrected chi connectivity index (χ3v) is 5.19. The van der Waals surface area contributed by atoms with Gasteiger partial charge in [0.2, 0.25) is 11.2 Å². The van der Waals surface area contributed by atoms with E-state index in [1.54, 1.807) is 0 Å². The Morgan fingerprint density at radius 1 is 1.18 bits per heavy atom. The summed E-state index contributed by atoms with van der Waals surface area (Å²) in [6, 6.07) is 5.28. The van der Waals surface area contributed by atoms with E-state index in [2.05, 4.69) is 9.71 Å². The molecule has 0 bridgehead atoms. The van der Waals surface area contributed by atoms with Gasteiger partial charge in [0, 0.05) is 17.8 Å². The molecule has 1 saturated heterocycles. The zero-order valence-corrected chi connectivity index (χ0v) is 14.7. The first kappa shape index (κ1) is 18.0. The number of benzene rings is 2. The molecule has 28 heavy (non-hydrogen) atoms. The summed E-state index contributed by atoms with van der Waals surface area (Å²) in [5.74, 6) is -3.42. The number of carbonyl (C=O) groups is 1. The molecule has 0 saturated carbocycles. The monoisotopic (exact) mass is 408 g/mol. The van der Waals surface area contributed by atoms with E-state index >= 15 is 4.39 Å². The fourth-order valence-corrected chi connectivity index (χ4v) is 3.75. The number of phenolic OH excluding ortho intramolecular Hbond substituents is 1. The number of phenols is 1. The van der Waals surface area contributed by atoms with Crippen LogP contribution in [0.15, 0.2) is 42.9 Å². The van der Waals surface area contributed by atoms with E-state index in [1.165, 1.54) is 23.2 Å². The molecule has 3 aromatic rings.